The SMILES string of the molecule is CNc1cc(-n2nc(C)cc2Nc2cc(NC(=O)Nc3cc(N(C)CCOC)cc(C(F)(F)F)c3)ccc2C)ncn1. The fourth-order valence-electron chi connectivity index (χ4n) is 4.05. The number of nitrogens with zero attached hydrogens (tertiary/aromatic N) is 5. The predicted octanol–water partition coefficient (Wildman–Crippen LogP) is 5.81. The van der Waals surface area contributed by atoms with E-state index in [1.807, 2.05) is 26.0 Å². The minimum absolute atomic E-state index is 0.00258. The van der Waals surface area contributed by atoms with Gasteiger partial charge in [0.05, 0.1) is 17.9 Å². The first-order chi connectivity index (χ1) is 20.0. The second-order valence-electron chi connectivity index (χ2n) is 9.51. The van der Waals surface area contributed by atoms with E-state index in [4.69, 9.17) is 4.74 Å². The fraction of sp³-hybridized carbons (Fsp3) is 0.286. The van der Waals surface area contributed by atoms with Crippen molar-refractivity contribution in [2.75, 3.05) is 60.5 Å². The van der Waals surface area contributed by atoms with Crippen LogP contribution < -0.4 is 26.2 Å². The average molecular weight is 584 g/mol. The van der Waals surface area contributed by atoms with Crippen molar-refractivity contribution in [3.63, 3.8) is 0 Å². The summed E-state index contributed by atoms with van der Waals surface area (Å²) in [6.07, 6.45) is -3.16. The number of carbonyl (C=O) groups excluding carboxylic acids is 1. The Bertz CT molecular complexity index is 1560. The third kappa shape index (κ3) is 7.46. The van der Waals surface area contributed by atoms with Crippen molar-refractivity contribution in [3.05, 3.63) is 71.7 Å². The molecular formula is C28H32F3N9O2. The number of alkyl halides is 3. The van der Waals surface area contributed by atoms with Gasteiger partial charge in [-0.3, -0.25) is 0 Å². The molecule has 0 saturated carbocycles. The number of nitrogens with one attached hydrogen (secondary N) is 4. The van der Waals surface area contributed by atoms with Crippen LogP contribution in [0.15, 0.2) is 54.9 Å². The number of amides is 2. The second-order valence-corrected chi connectivity index (χ2v) is 9.51. The van der Waals surface area contributed by atoms with Crippen molar-refractivity contribution in [1.82, 2.24) is 19.7 Å². The van der Waals surface area contributed by atoms with Crippen molar-refractivity contribution < 1.29 is 22.7 Å². The molecule has 2 aromatic carbocycles. The highest BCUT2D eigenvalue weighted by molar-refractivity contribution is 6.00. The molecule has 0 aliphatic carbocycles. The van der Waals surface area contributed by atoms with Gasteiger partial charge in [-0.15, -0.1) is 0 Å². The maximum absolute atomic E-state index is 13.6. The van der Waals surface area contributed by atoms with Gasteiger partial charge in [-0.1, -0.05) is 6.07 Å². The number of methoxy groups -OCH3 is 1. The molecule has 0 unspecified atom stereocenters. The standard InChI is InChI=1S/C28H32F3N9O2/c1-17-6-7-20(14-23(17)37-26-10-18(2)38-40(26)25-15-24(32-3)33-16-34-25)35-27(41)36-21-11-19(28(29,30)31)12-22(13-21)39(4)8-9-42-5/h6-7,10-16,37H,8-9H2,1-5H3,(H,32,33,34)(H2,35,36,41). The van der Waals surface area contributed by atoms with Gasteiger partial charge in [0.2, 0.25) is 0 Å². The lowest BCUT2D eigenvalue weighted by Crippen LogP contribution is -2.24. The van der Waals surface area contributed by atoms with Crippen molar-refractivity contribution in [2.24, 2.45) is 0 Å². The molecule has 0 bridgehead atoms. The molecule has 2 aromatic heterocycles. The summed E-state index contributed by atoms with van der Waals surface area (Å²) in [4.78, 5) is 22.9. The van der Waals surface area contributed by atoms with Gasteiger partial charge in [-0.25, -0.2) is 14.8 Å². The summed E-state index contributed by atoms with van der Waals surface area (Å²) in [5, 5.41) is 16.0. The van der Waals surface area contributed by atoms with E-state index in [0.717, 1.165) is 23.4 Å². The molecule has 0 atom stereocenters. The van der Waals surface area contributed by atoms with Crippen LogP contribution in [0.2, 0.25) is 0 Å². The topological polar surface area (TPSA) is 121 Å². The summed E-state index contributed by atoms with van der Waals surface area (Å²) in [6, 6.07) is 11.5. The number of benzene rings is 2. The molecule has 11 nitrogen and oxygen atoms in total. The highest BCUT2D eigenvalue weighted by Crippen LogP contribution is 2.34. The van der Waals surface area contributed by atoms with Gasteiger partial charge in [-0.05, 0) is 49.7 Å². The quantitative estimate of drug-likeness (QED) is 0.185. The predicted molar refractivity (Wildman–Crippen MR) is 157 cm³/mol. The molecule has 42 heavy (non-hydrogen) atoms. The Morgan fingerprint density at radius 2 is 1.79 bits per heavy atom. The largest absolute Gasteiger partial charge is 0.416 e. The number of anilines is 6. The minimum Gasteiger partial charge on any atom is -0.383 e. The normalized spacial score (nSPS) is 11.2. The lowest BCUT2D eigenvalue weighted by Gasteiger charge is -2.21. The zero-order chi connectivity index (χ0) is 30.4. The maximum atomic E-state index is 13.6. The number of aromatic nitrogens is 4. The Labute approximate surface area is 241 Å². The van der Waals surface area contributed by atoms with E-state index in [9.17, 15) is 18.0 Å². The van der Waals surface area contributed by atoms with Crippen LogP contribution in [-0.2, 0) is 10.9 Å². The van der Waals surface area contributed by atoms with Gasteiger partial charge in [-0.2, -0.15) is 23.0 Å². The van der Waals surface area contributed by atoms with E-state index in [0.29, 0.717) is 42.0 Å². The Hall–Kier alpha value is -4.85. The number of halogens is 3. The van der Waals surface area contributed by atoms with E-state index in [1.165, 1.54) is 19.5 Å². The number of hydrogen-bond donors (Lipinski definition) is 4. The smallest absolute Gasteiger partial charge is 0.383 e. The summed E-state index contributed by atoms with van der Waals surface area (Å²) < 4.78 is 47.4. The van der Waals surface area contributed by atoms with E-state index < -0.39 is 17.8 Å². The van der Waals surface area contributed by atoms with Crippen LogP contribution in [0.3, 0.4) is 0 Å². The molecule has 0 fully saturated rings. The molecule has 0 saturated heterocycles. The monoisotopic (exact) mass is 583 g/mol. The average Bonchev–Trinajstić information content (AvgIpc) is 3.32. The second kappa shape index (κ2) is 12.8. The van der Waals surface area contributed by atoms with Crippen LogP contribution >= 0.6 is 0 Å². The number of hydrogen-bond acceptors (Lipinski definition) is 8. The number of urea groups is 1. The number of ether oxygens (including phenoxy) is 1. The van der Waals surface area contributed by atoms with Crippen LogP contribution in [0.1, 0.15) is 16.8 Å². The molecule has 4 aromatic rings. The first-order valence-electron chi connectivity index (χ1n) is 12.9. The first-order valence-corrected chi connectivity index (χ1v) is 12.9. The molecule has 0 aliphatic heterocycles. The van der Waals surface area contributed by atoms with Crippen LogP contribution in [0.4, 0.5) is 52.4 Å². The van der Waals surface area contributed by atoms with E-state index in [2.05, 4.69) is 36.3 Å². The lowest BCUT2D eigenvalue weighted by atomic mass is 10.1. The third-order valence-electron chi connectivity index (χ3n) is 6.29. The zero-order valence-corrected chi connectivity index (χ0v) is 23.8. The molecule has 4 rings (SSSR count). The van der Waals surface area contributed by atoms with Crippen molar-refractivity contribution in [1.29, 1.82) is 0 Å². The Morgan fingerprint density at radius 3 is 2.50 bits per heavy atom. The van der Waals surface area contributed by atoms with Crippen molar-refractivity contribution in [3.8, 4) is 5.82 Å². The molecule has 0 aliphatic rings. The molecule has 4 N–H and O–H groups in total. The highest BCUT2D eigenvalue weighted by Gasteiger charge is 2.31. The zero-order valence-electron chi connectivity index (χ0n) is 23.8. The lowest BCUT2D eigenvalue weighted by molar-refractivity contribution is -0.137. The van der Waals surface area contributed by atoms with E-state index in [-0.39, 0.29) is 11.4 Å². The van der Waals surface area contributed by atoms with Crippen molar-refractivity contribution in [2.45, 2.75) is 20.0 Å². The number of rotatable bonds is 10. The summed E-state index contributed by atoms with van der Waals surface area (Å²) in [7, 11) is 4.92. The molecule has 0 spiro atoms. The van der Waals surface area contributed by atoms with Gasteiger partial charge < -0.3 is 30.9 Å². The molecule has 222 valence electrons. The molecular weight excluding hydrogens is 551 g/mol. The molecule has 2 amide bonds. The molecule has 14 heteroatoms. The Morgan fingerprint density at radius 1 is 1.02 bits per heavy atom. The minimum atomic E-state index is -4.59. The maximum Gasteiger partial charge on any atom is 0.416 e. The summed E-state index contributed by atoms with van der Waals surface area (Å²) in [5.74, 6) is 1.80. The Kier molecular flexibility index (Phi) is 9.15. The number of aryl methyl sites for hydroxylation is 2. The highest BCUT2D eigenvalue weighted by atomic mass is 19.4. The van der Waals surface area contributed by atoms with Crippen LogP contribution in [0, 0.1) is 13.8 Å². The van der Waals surface area contributed by atoms with Gasteiger partial charge in [0.1, 0.15) is 18.0 Å². The first kappa shape index (κ1) is 30.1. The summed E-state index contributed by atoms with van der Waals surface area (Å²) in [5.41, 5.74) is 2.14. The molecule has 2 heterocycles. The van der Waals surface area contributed by atoms with Gasteiger partial charge in [0.25, 0.3) is 0 Å². The van der Waals surface area contributed by atoms with Gasteiger partial charge in [0, 0.05) is 62.6 Å². The van der Waals surface area contributed by atoms with Crippen LogP contribution in [0.25, 0.3) is 5.82 Å². The molecule has 0 radical (unpaired) electrons. The van der Waals surface area contributed by atoms with Crippen molar-refractivity contribution >= 4 is 40.4 Å². The Balaban J connectivity index is 1.54. The van der Waals surface area contributed by atoms with Crippen LogP contribution in [-0.4, -0.2) is 60.1 Å². The summed E-state index contributed by atoms with van der Waals surface area (Å²) in [6.45, 7) is 4.45. The number of carbonyl (C=O) groups is 1. The fourth-order valence-corrected chi connectivity index (χ4v) is 4.05. The third-order valence-corrected chi connectivity index (χ3v) is 6.29. The van der Waals surface area contributed by atoms with Crippen LogP contribution in [0.5, 0.6) is 0 Å². The summed E-state index contributed by atoms with van der Waals surface area (Å²) >= 11 is 0. The van der Waals surface area contributed by atoms with E-state index in [1.54, 1.807) is 41.9 Å². The number of likely N-dealkylation sites (N-methyl/N-ethyl adjacent to an activating group) is 1. The van der Waals surface area contributed by atoms with Gasteiger partial charge in [0.15, 0.2) is 5.82 Å². The van der Waals surface area contributed by atoms with E-state index >= 15 is 0 Å². The van der Waals surface area contributed by atoms with Gasteiger partial charge >= 0.3 is 12.2 Å².